The van der Waals surface area contributed by atoms with Crippen LogP contribution in [0.2, 0.25) is 5.15 Å². The fraction of sp³-hybridized carbons (Fsp3) is 0.333. The van der Waals surface area contributed by atoms with Gasteiger partial charge in [-0.05, 0) is 23.6 Å². The predicted molar refractivity (Wildman–Crippen MR) is 121 cm³/mol. The molecule has 6 nitrogen and oxygen atoms in total. The van der Waals surface area contributed by atoms with Crippen molar-refractivity contribution in [2.24, 2.45) is 0 Å². The standard InChI is InChI=1S/C24H27ClN4O2/c1-18-22(23(25)29(27-18)16-19-7-3-2-4-8-19)24(30)26-15-20-9-5-6-10-21(20)17-28-11-13-31-14-12-28/h2-10H,11-17H2,1H3,(H,26,30). The van der Waals surface area contributed by atoms with Crippen molar-refractivity contribution in [3.05, 3.63) is 87.7 Å². The summed E-state index contributed by atoms with van der Waals surface area (Å²) in [5, 5.41) is 7.88. The summed E-state index contributed by atoms with van der Waals surface area (Å²) in [5.41, 5.74) is 4.46. The molecule has 1 N–H and O–H groups in total. The number of carbonyl (C=O) groups excluding carboxylic acids is 1. The lowest BCUT2D eigenvalue weighted by atomic mass is 10.1. The van der Waals surface area contributed by atoms with E-state index in [1.807, 2.05) is 49.4 Å². The molecule has 0 spiro atoms. The molecule has 162 valence electrons. The van der Waals surface area contributed by atoms with E-state index in [9.17, 15) is 4.79 Å². The molecular formula is C24H27ClN4O2. The largest absolute Gasteiger partial charge is 0.379 e. The first-order chi connectivity index (χ1) is 15.1. The number of aryl methyl sites for hydroxylation is 1. The number of nitrogens with one attached hydrogen (secondary N) is 1. The van der Waals surface area contributed by atoms with E-state index in [1.165, 1.54) is 5.56 Å². The summed E-state index contributed by atoms with van der Waals surface area (Å²) in [6, 6.07) is 18.2. The summed E-state index contributed by atoms with van der Waals surface area (Å²) in [6.07, 6.45) is 0. The summed E-state index contributed by atoms with van der Waals surface area (Å²) in [6.45, 7) is 7.02. The molecule has 1 aromatic heterocycles. The number of hydrogen-bond donors (Lipinski definition) is 1. The van der Waals surface area contributed by atoms with Crippen LogP contribution in [0.5, 0.6) is 0 Å². The van der Waals surface area contributed by atoms with Gasteiger partial charge in [-0.2, -0.15) is 5.10 Å². The molecule has 0 saturated carbocycles. The van der Waals surface area contributed by atoms with Gasteiger partial charge in [-0.15, -0.1) is 0 Å². The molecule has 0 atom stereocenters. The van der Waals surface area contributed by atoms with Crippen molar-refractivity contribution < 1.29 is 9.53 Å². The number of benzene rings is 2. The second-order valence-electron chi connectivity index (χ2n) is 7.73. The third-order valence-corrected chi connectivity index (χ3v) is 5.91. The first kappa shape index (κ1) is 21.6. The SMILES string of the molecule is Cc1nn(Cc2ccccc2)c(Cl)c1C(=O)NCc1ccccc1CN1CCOCC1. The minimum absolute atomic E-state index is 0.206. The molecule has 0 radical (unpaired) electrons. The molecule has 0 unspecified atom stereocenters. The van der Waals surface area contributed by atoms with Crippen molar-refractivity contribution in [2.45, 2.75) is 26.6 Å². The number of amides is 1. The normalized spacial score (nSPS) is 14.5. The zero-order chi connectivity index (χ0) is 21.6. The van der Waals surface area contributed by atoms with Gasteiger partial charge < -0.3 is 10.1 Å². The van der Waals surface area contributed by atoms with Crippen LogP contribution in [-0.4, -0.2) is 46.9 Å². The van der Waals surface area contributed by atoms with Crippen molar-refractivity contribution in [3.63, 3.8) is 0 Å². The van der Waals surface area contributed by atoms with Gasteiger partial charge in [-0.3, -0.25) is 9.69 Å². The summed E-state index contributed by atoms with van der Waals surface area (Å²) in [4.78, 5) is 15.3. The van der Waals surface area contributed by atoms with E-state index in [1.54, 1.807) is 4.68 Å². The number of nitrogens with zero attached hydrogens (tertiary/aromatic N) is 3. The molecule has 2 aromatic carbocycles. The number of rotatable bonds is 7. The van der Waals surface area contributed by atoms with Crippen molar-refractivity contribution in [2.75, 3.05) is 26.3 Å². The Bertz CT molecular complexity index is 1030. The van der Waals surface area contributed by atoms with Crippen molar-refractivity contribution in [1.29, 1.82) is 0 Å². The molecule has 1 fully saturated rings. The monoisotopic (exact) mass is 438 g/mol. The fourth-order valence-corrected chi connectivity index (χ4v) is 4.14. The van der Waals surface area contributed by atoms with E-state index in [0.29, 0.717) is 29.5 Å². The van der Waals surface area contributed by atoms with Crippen molar-refractivity contribution >= 4 is 17.5 Å². The number of ether oxygens (including phenoxy) is 1. The fourth-order valence-electron chi connectivity index (χ4n) is 3.82. The Morgan fingerprint density at radius 2 is 1.71 bits per heavy atom. The maximum atomic E-state index is 13.0. The first-order valence-corrected chi connectivity index (χ1v) is 10.9. The van der Waals surface area contributed by atoms with E-state index in [2.05, 4.69) is 27.4 Å². The zero-order valence-corrected chi connectivity index (χ0v) is 18.4. The molecule has 7 heteroatoms. The van der Waals surface area contributed by atoms with Gasteiger partial charge in [0.15, 0.2) is 0 Å². The molecule has 0 aliphatic carbocycles. The van der Waals surface area contributed by atoms with Crippen LogP contribution in [-0.2, 0) is 24.4 Å². The van der Waals surface area contributed by atoms with Crippen LogP contribution >= 0.6 is 11.6 Å². The van der Waals surface area contributed by atoms with E-state index in [-0.39, 0.29) is 5.91 Å². The van der Waals surface area contributed by atoms with Gasteiger partial charge in [-0.1, -0.05) is 66.2 Å². The van der Waals surface area contributed by atoms with Crippen LogP contribution in [0, 0.1) is 6.92 Å². The lowest BCUT2D eigenvalue weighted by molar-refractivity contribution is 0.0340. The Kier molecular flexibility index (Phi) is 7.02. The second-order valence-corrected chi connectivity index (χ2v) is 8.09. The lowest BCUT2D eigenvalue weighted by Gasteiger charge is -2.27. The lowest BCUT2D eigenvalue weighted by Crippen LogP contribution is -2.36. The van der Waals surface area contributed by atoms with Gasteiger partial charge >= 0.3 is 0 Å². The van der Waals surface area contributed by atoms with Gasteiger partial charge in [-0.25, -0.2) is 4.68 Å². The molecule has 1 aliphatic rings. The molecule has 1 saturated heterocycles. The number of carbonyl (C=O) groups is 1. The number of aromatic nitrogens is 2. The van der Waals surface area contributed by atoms with E-state index < -0.39 is 0 Å². The van der Waals surface area contributed by atoms with Gasteiger partial charge in [0.25, 0.3) is 5.91 Å². The van der Waals surface area contributed by atoms with E-state index in [0.717, 1.165) is 44.0 Å². The minimum Gasteiger partial charge on any atom is -0.379 e. The highest BCUT2D eigenvalue weighted by molar-refractivity contribution is 6.33. The van der Waals surface area contributed by atoms with Crippen LogP contribution in [0.3, 0.4) is 0 Å². The van der Waals surface area contributed by atoms with E-state index >= 15 is 0 Å². The average Bonchev–Trinajstić information content (AvgIpc) is 3.07. The zero-order valence-electron chi connectivity index (χ0n) is 17.7. The number of hydrogen-bond acceptors (Lipinski definition) is 4. The Morgan fingerprint density at radius 3 is 2.45 bits per heavy atom. The quantitative estimate of drug-likeness (QED) is 0.611. The molecule has 1 amide bonds. The van der Waals surface area contributed by atoms with Gasteiger partial charge in [0.1, 0.15) is 5.15 Å². The number of halogens is 1. The molecule has 4 rings (SSSR count). The molecule has 0 bridgehead atoms. The third-order valence-electron chi connectivity index (χ3n) is 5.52. The second kappa shape index (κ2) is 10.1. The Hall–Kier alpha value is -2.67. The summed E-state index contributed by atoms with van der Waals surface area (Å²) >= 11 is 6.54. The highest BCUT2D eigenvalue weighted by Crippen LogP contribution is 2.21. The van der Waals surface area contributed by atoms with Crippen LogP contribution in [0.4, 0.5) is 0 Å². The minimum atomic E-state index is -0.206. The molecule has 3 aromatic rings. The van der Waals surface area contributed by atoms with Crippen LogP contribution < -0.4 is 5.32 Å². The Labute approximate surface area is 187 Å². The highest BCUT2D eigenvalue weighted by atomic mass is 35.5. The Morgan fingerprint density at radius 1 is 1.03 bits per heavy atom. The highest BCUT2D eigenvalue weighted by Gasteiger charge is 2.21. The van der Waals surface area contributed by atoms with Crippen LogP contribution in [0.25, 0.3) is 0 Å². The molecule has 31 heavy (non-hydrogen) atoms. The van der Waals surface area contributed by atoms with Gasteiger partial charge in [0.2, 0.25) is 0 Å². The molecule has 2 heterocycles. The maximum absolute atomic E-state index is 13.0. The van der Waals surface area contributed by atoms with Crippen molar-refractivity contribution in [3.8, 4) is 0 Å². The number of morpholine rings is 1. The van der Waals surface area contributed by atoms with Crippen LogP contribution in [0.15, 0.2) is 54.6 Å². The predicted octanol–water partition coefficient (Wildman–Crippen LogP) is 3.66. The summed E-state index contributed by atoms with van der Waals surface area (Å²) < 4.78 is 7.11. The average molecular weight is 439 g/mol. The third kappa shape index (κ3) is 5.34. The first-order valence-electron chi connectivity index (χ1n) is 10.5. The van der Waals surface area contributed by atoms with Crippen LogP contribution in [0.1, 0.15) is 32.7 Å². The maximum Gasteiger partial charge on any atom is 0.256 e. The van der Waals surface area contributed by atoms with Crippen molar-refractivity contribution in [1.82, 2.24) is 20.0 Å². The smallest absolute Gasteiger partial charge is 0.256 e. The Balaban J connectivity index is 1.43. The van der Waals surface area contributed by atoms with E-state index in [4.69, 9.17) is 16.3 Å². The van der Waals surface area contributed by atoms with Gasteiger partial charge in [0, 0.05) is 26.2 Å². The molecule has 1 aliphatic heterocycles. The summed E-state index contributed by atoms with van der Waals surface area (Å²) in [5.74, 6) is -0.206. The topological polar surface area (TPSA) is 59.4 Å². The van der Waals surface area contributed by atoms with Gasteiger partial charge in [0.05, 0.1) is 31.0 Å². The molecular weight excluding hydrogens is 412 g/mol. The summed E-state index contributed by atoms with van der Waals surface area (Å²) in [7, 11) is 0.